The summed E-state index contributed by atoms with van der Waals surface area (Å²) in [7, 11) is 1.83. The average Bonchev–Trinajstić information content (AvgIpc) is 2.36. The summed E-state index contributed by atoms with van der Waals surface area (Å²) in [4.78, 5) is 2.61. The van der Waals surface area contributed by atoms with Crippen molar-refractivity contribution in [2.45, 2.75) is 58.6 Å². The molecule has 0 unspecified atom stereocenters. The Kier molecular flexibility index (Phi) is 5.90. The molecule has 1 aliphatic rings. The topological polar surface area (TPSA) is 38.5 Å². The number of nitrogens with two attached hydrogens (primary N) is 1. The molecule has 0 atom stereocenters. The largest absolute Gasteiger partial charge is 0.381 e. The normalized spacial score (nSPS) is 26.5. The van der Waals surface area contributed by atoms with Crippen molar-refractivity contribution in [1.82, 2.24) is 4.90 Å². The summed E-state index contributed by atoms with van der Waals surface area (Å²) >= 11 is 0. The highest BCUT2D eigenvalue weighted by Crippen LogP contribution is 2.27. The van der Waals surface area contributed by atoms with Gasteiger partial charge in [0.25, 0.3) is 0 Å². The molecule has 1 saturated carbocycles. The molecular formula is C14H30N2O. The van der Waals surface area contributed by atoms with Crippen molar-refractivity contribution in [1.29, 1.82) is 0 Å². The van der Waals surface area contributed by atoms with Gasteiger partial charge in [0, 0.05) is 19.7 Å². The van der Waals surface area contributed by atoms with Gasteiger partial charge in [-0.15, -0.1) is 0 Å². The molecule has 0 heterocycles. The van der Waals surface area contributed by atoms with Crippen molar-refractivity contribution >= 4 is 0 Å². The molecule has 0 aromatic rings. The molecule has 17 heavy (non-hydrogen) atoms. The molecule has 3 nitrogen and oxygen atoms in total. The lowest BCUT2D eigenvalue weighted by Gasteiger charge is -2.40. The van der Waals surface area contributed by atoms with Crippen LogP contribution in [-0.2, 0) is 4.74 Å². The van der Waals surface area contributed by atoms with E-state index in [2.05, 4.69) is 25.7 Å². The highest BCUT2D eigenvalue weighted by molar-refractivity contribution is 4.83. The Labute approximate surface area is 107 Å². The van der Waals surface area contributed by atoms with Gasteiger partial charge in [0.05, 0.1) is 6.10 Å². The summed E-state index contributed by atoms with van der Waals surface area (Å²) in [5.41, 5.74) is 6.07. The Morgan fingerprint density at radius 1 is 1.24 bits per heavy atom. The zero-order chi connectivity index (χ0) is 12.9. The quantitative estimate of drug-likeness (QED) is 0.776. The van der Waals surface area contributed by atoms with E-state index >= 15 is 0 Å². The third-order valence-corrected chi connectivity index (χ3v) is 4.08. The molecule has 0 spiro atoms. The van der Waals surface area contributed by atoms with Crippen LogP contribution in [0.3, 0.4) is 0 Å². The highest BCUT2D eigenvalue weighted by Gasteiger charge is 2.28. The molecule has 0 aromatic carbocycles. The summed E-state index contributed by atoms with van der Waals surface area (Å²) in [6, 6.07) is 0.734. The molecule has 0 aliphatic heterocycles. The lowest BCUT2D eigenvalue weighted by atomic mass is 9.88. The Morgan fingerprint density at radius 3 is 2.24 bits per heavy atom. The molecule has 0 saturated heterocycles. The van der Waals surface area contributed by atoms with Crippen LogP contribution < -0.4 is 5.73 Å². The molecular weight excluding hydrogens is 212 g/mol. The summed E-state index contributed by atoms with van der Waals surface area (Å²) in [6.07, 6.45) is 5.45. The molecule has 1 rings (SSSR count). The Balaban J connectivity index is 2.46. The monoisotopic (exact) mass is 242 g/mol. The molecule has 3 heteroatoms. The van der Waals surface area contributed by atoms with Crippen LogP contribution in [0.2, 0.25) is 0 Å². The first kappa shape index (κ1) is 14.9. The van der Waals surface area contributed by atoms with Gasteiger partial charge in [0.15, 0.2) is 0 Å². The van der Waals surface area contributed by atoms with Crippen LogP contribution in [0.1, 0.15) is 46.5 Å². The maximum absolute atomic E-state index is 5.84. The summed E-state index contributed by atoms with van der Waals surface area (Å²) in [5, 5.41) is 0. The molecule has 2 N–H and O–H groups in total. The first-order valence-electron chi connectivity index (χ1n) is 6.99. The van der Waals surface area contributed by atoms with Gasteiger partial charge in [-0.2, -0.15) is 0 Å². The fourth-order valence-corrected chi connectivity index (χ4v) is 2.76. The van der Waals surface area contributed by atoms with E-state index in [1.54, 1.807) is 0 Å². The zero-order valence-corrected chi connectivity index (χ0v) is 12.0. The van der Waals surface area contributed by atoms with Crippen molar-refractivity contribution in [2.24, 2.45) is 11.1 Å². The van der Waals surface area contributed by atoms with E-state index in [1.165, 1.54) is 25.7 Å². The Morgan fingerprint density at radius 2 is 1.82 bits per heavy atom. The minimum atomic E-state index is 0.230. The fourth-order valence-electron chi connectivity index (χ4n) is 2.76. The smallest absolute Gasteiger partial charge is 0.0572 e. The third kappa shape index (κ3) is 4.57. The van der Waals surface area contributed by atoms with Crippen molar-refractivity contribution in [3.63, 3.8) is 0 Å². The van der Waals surface area contributed by atoms with Gasteiger partial charge in [-0.3, -0.25) is 0 Å². The Hall–Kier alpha value is -0.120. The first-order valence-corrected chi connectivity index (χ1v) is 6.99. The van der Waals surface area contributed by atoms with E-state index in [1.807, 2.05) is 7.11 Å². The summed E-state index contributed by atoms with van der Waals surface area (Å²) < 4.78 is 5.44. The SMILES string of the molecule is CCN(CC(C)(C)CN)C1CCC(OC)CC1. The third-order valence-electron chi connectivity index (χ3n) is 4.08. The van der Waals surface area contributed by atoms with Gasteiger partial charge >= 0.3 is 0 Å². The highest BCUT2D eigenvalue weighted by atomic mass is 16.5. The van der Waals surface area contributed by atoms with Gasteiger partial charge in [-0.1, -0.05) is 20.8 Å². The molecule has 1 fully saturated rings. The van der Waals surface area contributed by atoms with Crippen LogP contribution in [-0.4, -0.2) is 43.8 Å². The molecule has 0 amide bonds. The van der Waals surface area contributed by atoms with Crippen LogP contribution in [0.15, 0.2) is 0 Å². The van der Waals surface area contributed by atoms with E-state index < -0.39 is 0 Å². The molecule has 0 aromatic heterocycles. The van der Waals surface area contributed by atoms with Crippen molar-refractivity contribution in [2.75, 3.05) is 26.7 Å². The van der Waals surface area contributed by atoms with Crippen molar-refractivity contribution in [3.05, 3.63) is 0 Å². The first-order chi connectivity index (χ1) is 8.02. The van der Waals surface area contributed by atoms with E-state index in [-0.39, 0.29) is 5.41 Å². The lowest BCUT2D eigenvalue weighted by molar-refractivity contribution is 0.0309. The van der Waals surface area contributed by atoms with Gasteiger partial charge in [-0.25, -0.2) is 0 Å². The van der Waals surface area contributed by atoms with Crippen LogP contribution in [0.4, 0.5) is 0 Å². The lowest BCUT2D eigenvalue weighted by Crippen LogP contribution is -2.45. The second-order valence-corrected chi connectivity index (χ2v) is 6.10. The number of ether oxygens (including phenoxy) is 1. The zero-order valence-electron chi connectivity index (χ0n) is 12.0. The minimum absolute atomic E-state index is 0.230. The maximum atomic E-state index is 5.84. The average molecular weight is 242 g/mol. The maximum Gasteiger partial charge on any atom is 0.0572 e. The number of hydrogen-bond donors (Lipinski definition) is 1. The molecule has 0 bridgehead atoms. The summed E-state index contributed by atoms with van der Waals surface area (Å²) in [6.45, 7) is 9.78. The minimum Gasteiger partial charge on any atom is -0.381 e. The van der Waals surface area contributed by atoms with Crippen LogP contribution in [0, 0.1) is 5.41 Å². The van der Waals surface area contributed by atoms with E-state index in [4.69, 9.17) is 10.5 Å². The number of methoxy groups -OCH3 is 1. The van der Waals surface area contributed by atoms with E-state index in [0.717, 1.165) is 25.7 Å². The molecule has 102 valence electrons. The molecule has 0 radical (unpaired) electrons. The van der Waals surface area contributed by atoms with Gasteiger partial charge in [0.2, 0.25) is 0 Å². The second kappa shape index (κ2) is 6.72. The number of hydrogen-bond acceptors (Lipinski definition) is 3. The van der Waals surface area contributed by atoms with Crippen LogP contribution in [0.5, 0.6) is 0 Å². The predicted octanol–water partition coefficient (Wildman–Crippen LogP) is 2.25. The standard InChI is InChI=1S/C14H30N2O/c1-5-16(11-14(2,3)10-15)12-6-8-13(17-4)9-7-12/h12-13H,5-11,15H2,1-4H3. The van der Waals surface area contributed by atoms with E-state index in [0.29, 0.717) is 6.10 Å². The van der Waals surface area contributed by atoms with Crippen LogP contribution >= 0.6 is 0 Å². The number of rotatable bonds is 6. The fraction of sp³-hybridized carbons (Fsp3) is 1.00. The van der Waals surface area contributed by atoms with Crippen molar-refractivity contribution in [3.8, 4) is 0 Å². The summed E-state index contributed by atoms with van der Waals surface area (Å²) in [5.74, 6) is 0. The van der Waals surface area contributed by atoms with Crippen molar-refractivity contribution < 1.29 is 4.74 Å². The van der Waals surface area contributed by atoms with Gasteiger partial charge in [0.1, 0.15) is 0 Å². The van der Waals surface area contributed by atoms with Crippen LogP contribution in [0.25, 0.3) is 0 Å². The predicted molar refractivity (Wildman–Crippen MR) is 73.1 cm³/mol. The van der Waals surface area contributed by atoms with Gasteiger partial charge < -0.3 is 15.4 Å². The molecule has 1 aliphatic carbocycles. The van der Waals surface area contributed by atoms with E-state index in [9.17, 15) is 0 Å². The Bertz CT molecular complexity index is 210. The number of nitrogens with zero attached hydrogens (tertiary/aromatic N) is 1. The second-order valence-electron chi connectivity index (χ2n) is 6.10. The van der Waals surface area contributed by atoms with Gasteiger partial charge in [-0.05, 0) is 44.2 Å².